The predicted octanol–water partition coefficient (Wildman–Crippen LogP) is 4.08. The van der Waals surface area contributed by atoms with Gasteiger partial charge in [0.05, 0.1) is 0 Å². The second kappa shape index (κ2) is 8.22. The second-order valence-electron chi connectivity index (χ2n) is 6.96. The fourth-order valence-electron chi connectivity index (χ4n) is 3.40. The predicted molar refractivity (Wildman–Crippen MR) is 110 cm³/mol. The number of rotatable bonds is 6. The van der Waals surface area contributed by atoms with E-state index in [-0.39, 0.29) is 12.6 Å². The van der Waals surface area contributed by atoms with E-state index < -0.39 is 0 Å². The zero-order valence-corrected chi connectivity index (χ0v) is 16.5. The lowest BCUT2D eigenvalue weighted by atomic mass is 10.0. The van der Waals surface area contributed by atoms with Crippen LogP contribution in [0.3, 0.4) is 0 Å². The van der Waals surface area contributed by atoms with Crippen molar-refractivity contribution in [2.75, 3.05) is 0 Å². The van der Waals surface area contributed by atoms with E-state index in [1.807, 2.05) is 56.3 Å². The molecule has 0 unspecified atom stereocenters. The molecule has 0 aliphatic rings. The zero-order valence-electron chi connectivity index (χ0n) is 16.5. The number of carbonyl (C=O) groups excluding carboxylic acids is 1. The molecule has 6 heteroatoms. The smallest absolute Gasteiger partial charge is 0.306 e. The molecule has 0 N–H and O–H groups in total. The van der Waals surface area contributed by atoms with Crippen LogP contribution in [-0.2, 0) is 22.6 Å². The standard InChI is InChI=1S/C23H22N4O2/c1-16-21(17(2)27-23(26-16)24-15-25-27)12-13-22(28)29-14-18-8-10-20(11-9-18)19-6-4-3-5-7-19/h3-11,15H,12-14H2,1-2H3. The van der Waals surface area contributed by atoms with Gasteiger partial charge in [-0.3, -0.25) is 4.79 Å². The summed E-state index contributed by atoms with van der Waals surface area (Å²) in [5.74, 6) is 0.347. The number of hydrogen-bond donors (Lipinski definition) is 0. The number of aryl methyl sites for hydroxylation is 2. The molecule has 0 aliphatic heterocycles. The lowest BCUT2D eigenvalue weighted by Crippen LogP contribution is -2.10. The van der Waals surface area contributed by atoms with E-state index in [4.69, 9.17) is 4.74 Å². The summed E-state index contributed by atoms with van der Waals surface area (Å²) in [5, 5.41) is 4.18. The highest BCUT2D eigenvalue weighted by Crippen LogP contribution is 2.20. The first kappa shape index (κ1) is 18.8. The Labute approximate surface area is 169 Å². The normalized spacial score (nSPS) is 11.0. The fourth-order valence-corrected chi connectivity index (χ4v) is 3.40. The topological polar surface area (TPSA) is 69.4 Å². The summed E-state index contributed by atoms with van der Waals surface area (Å²) < 4.78 is 7.15. The van der Waals surface area contributed by atoms with Gasteiger partial charge in [0.2, 0.25) is 0 Å². The number of hydrogen-bond acceptors (Lipinski definition) is 5. The van der Waals surface area contributed by atoms with E-state index in [0.29, 0.717) is 18.6 Å². The summed E-state index contributed by atoms with van der Waals surface area (Å²) >= 11 is 0. The summed E-state index contributed by atoms with van der Waals surface area (Å²) in [6.45, 7) is 4.16. The van der Waals surface area contributed by atoms with E-state index in [1.165, 1.54) is 11.9 Å². The Morgan fingerprint density at radius 1 is 1.00 bits per heavy atom. The van der Waals surface area contributed by atoms with Gasteiger partial charge in [-0.1, -0.05) is 54.6 Å². The number of aromatic nitrogens is 4. The Hall–Kier alpha value is -3.54. The first-order valence-electron chi connectivity index (χ1n) is 9.57. The van der Waals surface area contributed by atoms with Crippen molar-refractivity contribution in [1.29, 1.82) is 0 Å². The molecule has 0 amide bonds. The molecule has 2 aromatic heterocycles. The molecule has 0 saturated heterocycles. The molecule has 0 fully saturated rings. The summed E-state index contributed by atoms with van der Waals surface area (Å²) in [6.07, 6.45) is 2.34. The van der Waals surface area contributed by atoms with Crippen LogP contribution in [0.4, 0.5) is 0 Å². The quantitative estimate of drug-likeness (QED) is 0.467. The van der Waals surface area contributed by atoms with Crippen LogP contribution in [0, 0.1) is 13.8 Å². The van der Waals surface area contributed by atoms with Crippen molar-refractivity contribution in [1.82, 2.24) is 19.6 Å². The first-order chi connectivity index (χ1) is 14.1. The number of nitrogens with zero attached hydrogens (tertiary/aromatic N) is 4. The van der Waals surface area contributed by atoms with Crippen molar-refractivity contribution in [3.8, 4) is 11.1 Å². The van der Waals surface area contributed by atoms with Crippen LogP contribution in [0.2, 0.25) is 0 Å². The average molecular weight is 386 g/mol. The molecule has 0 radical (unpaired) electrons. The van der Waals surface area contributed by atoms with Gasteiger partial charge in [-0.15, -0.1) is 0 Å². The van der Waals surface area contributed by atoms with Gasteiger partial charge in [0, 0.05) is 17.8 Å². The van der Waals surface area contributed by atoms with Gasteiger partial charge in [0.25, 0.3) is 5.78 Å². The van der Waals surface area contributed by atoms with Crippen LogP contribution >= 0.6 is 0 Å². The number of fused-ring (bicyclic) bond motifs is 1. The monoisotopic (exact) mass is 386 g/mol. The van der Waals surface area contributed by atoms with Crippen LogP contribution in [0.25, 0.3) is 16.9 Å². The van der Waals surface area contributed by atoms with Crippen LogP contribution < -0.4 is 0 Å². The highest BCUT2D eigenvalue weighted by atomic mass is 16.5. The molecule has 0 atom stereocenters. The number of benzene rings is 2. The van der Waals surface area contributed by atoms with Crippen LogP contribution in [-0.4, -0.2) is 25.6 Å². The van der Waals surface area contributed by atoms with Crippen molar-refractivity contribution in [3.05, 3.63) is 83.4 Å². The molecule has 29 heavy (non-hydrogen) atoms. The molecule has 0 bridgehead atoms. The first-order valence-corrected chi connectivity index (χ1v) is 9.57. The van der Waals surface area contributed by atoms with Crippen LogP contribution in [0.15, 0.2) is 60.9 Å². The van der Waals surface area contributed by atoms with Crippen molar-refractivity contribution in [2.45, 2.75) is 33.3 Å². The van der Waals surface area contributed by atoms with Crippen molar-refractivity contribution in [2.24, 2.45) is 0 Å². The van der Waals surface area contributed by atoms with Gasteiger partial charge in [-0.25, -0.2) is 9.50 Å². The lowest BCUT2D eigenvalue weighted by Gasteiger charge is -2.10. The van der Waals surface area contributed by atoms with Crippen LogP contribution in [0.1, 0.15) is 28.9 Å². The molecular weight excluding hydrogens is 364 g/mol. The fraction of sp³-hybridized carbons (Fsp3) is 0.217. The van der Waals surface area contributed by atoms with Gasteiger partial charge < -0.3 is 4.74 Å². The van der Waals surface area contributed by atoms with Gasteiger partial charge in [-0.05, 0) is 42.5 Å². The molecule has 146 valence electrons. The summed E-state index contributed by atoms with van der Waals surface area (Å²) in [4.78, 5) is 20.8. The molecule has 2 heterocycles. The minimum Gasteiger partial charge on any atom is -0.461 e. The largest absolute Gasteiger partial charge is 0.461 e. The van der Waals surface area contributed by atoms with Gasteiger partial charge in [-0.2, -0.15) is 10.1 Å². The van der Waals surface area contributed by atoms with Crippen molar-refractivity contribution >= 4 is 11.7 Å². The maximum absolute atomic E-state index is 12.2. The SMILES string of the molecule is Cc1nc2ncnn2c(C)c1CCC(=O)OCc1ccc(-c2ccccc2)cc1. The molecule has 6 nitrogen and oxygen atoms in total. The summed E-state index contributed by atoms with van der Waals surface area (Å²) in [7, 11) is 0. The van der Waals surface area contributed by atoms with E-state index in [1.54, 1.807) is 4.52 Å². The number of carbonyl (C=O) groups is 1. The lowest BCUT2D eigenvalue weighted by molar-refractivity contribution is -0.144. The maximum Gasteiger partial charge on any atom is 0.306 e. The molecule has 0 spiro atoms. The third-order valence-electron chi connectivity index (χ3n) is 5.03. The second-order valence-corrected chi connectivity index (χ2v) is 6.96. The third-order valence-corrected chi connectivity index (χ3v) is 5.03. The Morgan fingerprint density at radius 3 is 2.48 bits per heavy atom. The van der Waals surface area contributed by atoms with E-state index in [0.717, 1.165) is 28.1 Å². The molecule has 0 saturated carbocycles. The highest BCUT2D eigenvalue weighted by Gasteiger charge is 2.13. The number of esters is 1. The minimum atomic E-state index is -0.227. The molecule has 0 aliphatic carbocycles. The number of ether oxygens (including phenoxy) is 1. The van der Waals surface area contributed by atoms with Gasteiger partial charge in [0.15, 0.2) is 0 Å². The Morgan fingerprint density at radius 2 is 1.72 bits per heavy atom. The zero-order chi connectivity index (χ0) is 20.2. The van der Waals surface area contributed by atoms with Crippen molar-refractivity contribution < 1.29 is 9.53 Å². The average Bonchev–Trinajstić information content (AvgIpc) is 3.22. The Kier molecular flexibility index (Phi) is 5.33. The van der Waals surface area contributed by atoms with E-state index >= 15 is 0 Å². The minimum absolute atomic E-state index is 0.227. The maximum atomic E-state index is 12.2. The van der Waals surface area contributed by atoms with Gasteiger partial charge in [0.1, 0.15) is 12.9 Å². The molecular formula is C23H22N4O2. The van der Waals surface area contributed by atoms with Gasteiger partial charge >= 0.3 is 5.97 Å². The molecule has 2 aromatic carbocycles. The molecule has 4 rings (SSSR count). The van der Waals surface area contributed by atoms with E-state index in [9.17, 15) is 4.79 Å². The van der Waals surface area contributed by atoms with Crippen LogP contribution in [0.5, 0.6) is 0 Å². The van der Waals surface area contributed by atoms with E-state index in [2.05, 4.69) is 27.2 Å². The summed E-state index contributed by atoms with van der Waals surface area (Å²) in [6, 6.07) is 18.3. The summed E-state index contributed by atoms with van der Waals surface area (Å²) in [5.41, 5.74) is 6.10. The van der Waals surface area contributed by atoms with Crippen molar-refractivity contribution in [3.63, 3.8) is 0 Å². The Bertz CT molecular complexity index is 1130. The molecule has 4 aromatic rings. The third kappa shape index (κ3) is 4.16. The highest BCUT2D eigenvalue weighted by molar-refractivity contribution is 5.70. The Balaban J connectivity index is 1.34.